The molecule has 1 nitrogen and oxygen atoms in total. The Morgan fingerprint density at radius 1 is 0.276 bits per heavy atom. The Balaban J connectivity index is 4.25. The molecule has 0 aromatic heterocycles. The van der Waals surface area contributed by atoms with Gasteiger partial charge in [-0.1, -0.05) is 118 Å². The molecule has 0 amide bonds. The smallest absolute Gasteiger partial charge is 0.0786 e. The number of nitrogens with zero attached hydrogens (tertiary/aromatic N) is 1. The molecule has 0 rings (SSSR count). The van der Waals surface area contributed by atoms with Crippen LogP contribution in [0.4, 0.5) is 0 Å². The van der Waals surface area contributed by atoms with Crippen LogP contribution in [0.2, 0.25) is 0 Å². The molecule has 0 N–H and O–H groups in total. The van der Waals surface area contributed by atoms with E-state index in [0.717, 1.165) is 0 Å². The van der Waals surface area contributed by atoms with E-state index in [1.807, 2.05) is 0 Å². The van der Waals surface area contributed by atoms with E-state index in [-0.39, 0.29) is 0 Å². The maximum Gasteiger partial charge on any atom is 0.0786 e. The largest absolute Gasteiger partial charge is 0.324 e. The summed E-state index contributed by atoms with van der Waals surface area (Å²) < 4.78 is 1.45. The average Bonchev–Trinajstić information content (AvgIpc) is 2.74. The van der Waals surface area contributed by atoms with Crippen LogP contribution in [0.15, 0.2) is 0 Å². The van der Waals surface area contributed by atoms with Gasteiger partial charge in [-0.15, -0.1) is 0 Å². The summed E-state index contributed by atoms with van der Waals surface area (Å²) >= 11 is 0. The van der Waals surface area contributed by atoms with Gasteiger partial charge in [0.2, 0.25) is 0 Å². The van der Waals surface area contributed by atoms with E-state index in [1.165, 1.54) is 159 Å². The summed E-state index contributed by atoms with van der Waals surface area (Å²) in [5.74, 6) is 0. The van der Waals surface area contributed by atoms with Gasteiger partial charge in [-0.25, -0.2) is 0 Å². The first-order valence-electron chi connectivity index (χ1n) is 14.1. The van der Waals surface area contributed by atoms with Gasteiger partial charge in [0.05, 0.1) is 26.2 Å². The highest BCUT2D eigenvalue weighted by Crippen LogP contribution is 2.19. The number of quaternary nitrogens is 1. The highest BCUT2D eigenvalue weighted by atomic mass is 15.3. The van der Waals surface area contributed by atoms with Crippen molar-refractivity contribution in [2.45, 2.75) is 156 Å². The van der Waals surface area contributed by atoms with Crippen molar-refractivity contribution >= 4 is 0 Å². The highest BCUT2D eigenvalue weighted by molar-refractivity contribution is 4.53. The molecule has 176 valence electrons. The predicted molar refractivity (Wildman–Crippen MR) is 135 cm³/mol. The standard InChI is InChI=1S/C28H60N/c1-5-9-13-15-17-19-21-23-27-29(25-11-7-3,26-12-8-4)28-24-22-20-18-16-14-10-6-2/h5-28H2,1-4H3/q+1. The second kappa shape index (κ2) is 22.6. The van der Waals surface area contributed by atoms with Gasteiger partial charge in [-0.3, -0.25) is 0 Å². The molecule has 0 aliphatic heterocycles. The van der Waals surface area contributed by atoms with Crippen LogP contribution >= 0.6 is 0 Å². The molecule has 1 heteroatoms. The molecule has 0 aliphatic carbocycles. The van der Waals surface area contributed by atoms with E-state index in [2.05, 4.69) is 27.7 Å². The Morgan fingerprint density at radius 2 is 0.517 bits per heavy atom. The van der Waals surface area contributed by atoms with Crippen LogP contribution in [0.3, 0.4) is 0 Å². The van der Waals surface area contributed by atoms with E-state index in [1.54, 1.807) is 0 Å². The fourth-order valence-corrected chi connectivity index (χ4v) is 4.82. The van der Waals surface area contributed by atoms with Gasteiger partial charge in [0, 0.05) is 0 Å². The van der Waals surface area contributed by atoms with Crippen molar-refractivity contribution in [3.05, 3.63) is 0 Å². The number of hydrogen-bond acceptors (Lipinski definition) is 0. The van der Waals surface area contributed by atoms with E-state index in [9.17, 15) is 0 Å². The monoisotopic (exact) mass is 410 g/mol. The van der Waals surface area contributed by atoms with E-state index in [0.29, 0.717) is 0 Å². The van der Waals surface area contributed by atoms with Crippen molar-refractivity contribution in [3.8, 4) is 0 Å². The minimum absolute atomic E-state index is 1.36. The predicted octanol–water partition coefficient (Wildman–Crippen LogP) is 9.68. The summed E-state index contributed by atoms with van der Waals surface area (Å²) in [6.45, 7) is 15.2. The SMILES string of the molecule is CCCCCCCCCC[N+](CCCC)(CCCC)CCCCCCCCCC. The molecule has 0 fully saturated rings. The lowest BCUT2D eigenvalue weighted by Gasteiger charge is -2.39. The van der Waals surface area contributed by atoms with Crippen LogP contribution in [-0.2, 0) is 0 Å². The van der Waals surface area contributed by atoms with Crippen molar-refractivity contribution < 1.29 is 4.48 Å². The Kier molecular flexibility index (Phi) is 22.6. The summed E-state index contributed by atoms with van der Waals surface area (Å²) in [7, 11) is 0. The third-order valence-electron chi connectivity index (χ3n) is 6.94. The third-order valence-corrected chi connectivity index (χ3v) is 6.94. The summed E-state index contributed by atoms with van der Waals surface area (Å²) in [5.41, 5.74) is 0. The molecule has 0 unspecified atom stereocenters. The zero-order chi connectivity index (χ0) is 21.5. The van der Waals surface area contributed by atoms with Crippen molar-refractivity contribution in [2.24, 2.45) is 0 Å². The summed E-state index contributed by atoms with van der Waals surface area (Å²) in [4.78, 5) is 0. The topological polar surface area (TPSA) is 0 Å². The Hall–Kier alpha value is -0.0400. The lowest BCUT2D eigenvalue weighted by Crippen LogP contribution is -2.50. The van der Waals surface area contributed by atoms with Gasteiger partial charge < -0.3 is 4.48 Å². The molecule has 0 saturated heterocycles. The fraction of sp³-hybridized carbons (Fsp3) is 1.00. The summed E-state index contributed by atoms with van der Waals surface area (Å²) in [6, 6.07) is 0. The van der Waals surface area contributed by atoms with Crippen LogP contribution in [0.5, 0.6) is 0 Å². The molecule has 0 radical (unpaired) electrons. The lowest BCUT2D eigenvalue weighted by atomic mass is 10.1. The van der Waals surface area contributed by atoms with Crippen LogP contribution in [0, 0.1) is 0 Å². The second-order valence-electron chi connectivity index (χ2n) is 9.89. The van der Waals surface area contributed by atoms with E-state index in [4.69, 9.17) is 0 Å². The van der Waals surface area contributed by atoms with Crippen LogP contribution in [0.1, 0.15) is 156 Å². The lowest BCUT2D eigenvalue weighted by molar-refractivity contribution is -0.929. The Morgan fingerprint density at radius 3 is 0.828 bits per heavy atom. The number of unbranched alkanes of at least 4 members (excludes halogenated alkanes) is 16. The first kappa shape index (κ1) is 29.0. The molecule has 0 atom stereocenters. The number of rotatable bonds is 24. The quantitative estimate of drug-likeness (QED) is 0.110. The summed E-state index contributed by atoms with van der Waals surface area (Å²) in [6.07, 6.45) is 28.8. The molecule has 0 saturated carbocycles. The maximum absolute atomic E-state index is 2.38. The molecule has 0 bridgehead atoms. The molecule has 0 spiro atoms. The Bertz CT molecular complexity index is 269. The summed E-state index contributed by atoms with van der Waals surface area (Å²) in [5, 5.41) is 0. The average molecular weight is 411 g/mol. The van der Waals surface area contributed by atoms with Crippen molar-refractivity contribution in [2.75, 3.05) is 26.2 Å². The van der Waals surface area contributed by atoms with Gasteiger partial charge in [-0.05, 0) is 38.5 Å². The van der Waals surface area contributed by atoms with E-state index < -0.39 is 0 Å². The van der Waals surface area contributed by atoms with Crippen molar-refractivity contribution in [1.29, 1.82) is 0 Å². The molecular weight excluding hydrogens is 350 g/mol. The van der Waals surface area contributed by atoms with Gasteiger partial charge in [0.1, 0.15) is 0 Å². The van der Waals surface area contributed by atoms with E-state index >= 15 is 0 Å². The molecular formula is C28H60N+. The fourth-order valence-electron chi connectivity index (χ4n) is 4.82. The molecule has 0 heterocycles. The first-order chi connectivity index (χ1) is 14.2. The van der Waals surface area contributed by atoms with Crippen LogP contribution in [0.25, 0.3) is 0 Å². The van der Waals surface area contributed by atoms with Gasteiger partial charge in [0.25, 0.3) is 0 Å². The molecule has 0 aromatic carbocycles. The molecule has 0 aliphatic rings. The third kappa shape index (κ3) is 18.4. The zero-order valence-corrected chi connectivity index (χ0v) is 21.4. The van der Waals surface area contributed by atoms with Gasteiger partial charge >= 0.3 is 0 Å². The second-order valence-corrected chi connectivity index (χ2v) is 9.89. The Labute approximate surface area is 187 Å². The van der Waals surface area contributed by atoms with Crippen LogP contribution in [-0.4, -0.2) is 30.7 Å². The molecule has 29 heavy (non-hydrogen) atoms. The normalized spacial score (nSPS) is 12.0. The maximum atomic E-state index is 2.38. The first-order valence-corrected chi connectivity index (χ1v) is 14.1. The minimum atomic E-state index is 1.36. The highest BCUT2D eigenvalue weighted by Gasteiger charge is 2.25. The van der Waals surface area contributed by atoms with Crippen molar-refractivity contribution in [3.63, 3.8) is 0 Å². The zero-order valence-electron chi connectivity index (χ0n) is 21.4. The van der Waals surface area contributed by atoms with Gasteiger partial charge in [0.15, 0.2) is 0 Å². The number of hydrogen-bond donors (Lipinski definition) is 0. The van der Waals surface area contributed by atoms with Crippen molar-refractivity contribution in [1.82, 2.24) is 0 Å². The molecule has 0 aromatic rings. The van der Waals surface area contributed by atoms with Crippen LogP contribution < -0.4 is 0 Å². The van der Waals surface area contributed by atoms with Gasteiger partial charge in [-0.2, -0.15) is 0 Å². The minimum Gasteiger partial charge on any atom is -0.324 e.